The highest BCUT2D eigenvalue weighted by molar-refractivity contribution is 5.15. The molecule has 0 spiro atoms. The standard InChI is InChI=1S/C10H12N2/c1-2-4-10(5-3-1)8-12-7-6-11-9-12/h1-7,11H,8-9H2. The van der Waals surface area contributed by atoms with Crippen molar-refractivity contribution in [3.63, 3.8) is 0 Å². The molecule has 1 aromatic carbocycles. The Labute approximate surface area is 72.5 Å². The fraction of sp³-hybridized carbons (Fsp3) is 0.200. The lowest BCUT2D eigenvalue weighted by Crippen LogP contribution is -2.19. The van der Waals surface area contributed by atoms with Crippen LogP contribution >= 0.6 is 0 Å². The zero-order valence-electron chi connectivity index (χ0n) is 6.90. The molecular formula is C10H12N2. The van der Waals surface area contributed by atoms with E-state index in [4.69, 9.17) is 0 Å². The Bertz CT molecular complexity index is 266. The average Bonchev–Trinajstić information content (AvgIpc) is 2.59. The van der Waals surface area contributed by atoms with Crippen LogP contribution in [0.2, 0.25) is 0 Å². The number of hydrogen-bond donors (Lipinski definition) is 1. The Balaban J connectivity index is 1.99. The first-order valence-corrected chi connectivity index (χ1v) is 4.13. The molecule has 0 aromatic heterocycles. The third kappa shape index (κ3) is 1.59. The molecule has 0 aliphatic carbocycles. The number of nitrogens with one attached hydrogen (secondary N) is 1. The van der Waals surface area contributed by atoms with E-state index in [1.165, 1.54) is 5.56 Å². The molecule has 1 heterocycles. The summed E-state index contributed by atoms with van der Waals surface area (Å²) < 4.78 is 0. The van der Waals surface area contributed by atoms with Gasteiger partial charge in [0.05, 0.1) is 6.67 Å². The predicted octanol–water partition coefficient (Wildman–Crippen LogP) is 1.52. The van der Waals surface area contributed by atoms with Crippen LogP contribution in [0, 0.1) is 0 Å². The van der Waals surface area contributed by atoms with E-state index in [-0.39, 0.29) is 0 Å². The molecule has 2 heteroatoms. The molecule has 2 nitrogen and oxygen atoms in total. The van der Waals surface area contributed by atoms with Gasteiger partial charge in [0.15, 0.2) is 0 Å². The van der Waals surface area contributed by atoms with Crippen LogP contribution in [0.1, 0.15) is 5.56 Å². The average molecular weight is 160 g/mol. The van der Waals surface area contributed by atoms with Crippen LogP contribution in [0.3, 0.4) is 0 Å². The fourth-order valence-electron chi connectivity index (χ4n) is 1.31. The van der Waals surface area contributed by atoms with Crippen molar-refractivity contribution in [3.05, 3.63) is 48.3 Å². The van der Waals surface area contributed by atoms with Crippen molar-refractivity contribution in [2.45, 2.75) is 6.54 Å². The van der Waals surface area contributed by atoms with Crippen LogP contribution in [0.25, 0.3) is 0 Å². The van der Waals surface area contributed by atoms with Crippen LogP contribution in [-0.4, -0.2) is 11.6 Å². The summed E-state index contributed by atoms with van der Waals surface area (Å²) in [5.74, 6) is 0. The van der Waals surface area contributed by atoms with Crippen molar-refractivity contribution in [2.75, 3.05) is 6.67 Å². The van der Waals surface area contributed by atoms with Crippen molar-refractivity contribution >= 4 is 0 Å². The summed E-state index contributed by atoms with van der Waals surface area (Å²) in [5.41, 5.74) is 1.35. The molecule has 0 saturated heterocycles. The SMILES string of the molecule is C1=CN(Cc2ccccc2)CN1. The van der Waals surface area contributed by atoms with Gasteiger partial charge in [-0.1, -0.05) is 30.3 Å². The van der Waals surface area contributed by atoms with Gasteiger partial charge in [0, 0.05) is 18.9 Å². The molecule has 0 bridgehead atoms. The second-order valence-corrected chi connectivity index (χ2v) is 2.91. The van der Waals surface area contributed by atoms with E-state index in [2.05, 4.69) is 40.7 Å². The van der Waals surface area contributed by atoms with Crippen molar-refractivity contribution in [1.29, 1.82) is 0 Å². The molecule has 2 rings (SSSR count). The molecular weight excluding hydrogens is 148 g/mol. The quantitative estimate of drug-likeness (QED) is 0.705. The highest BCUT2D eigenvalue weighted by Crippen LogP contribution is 2.05. The van der Waals surface area contributed by atoms with Gasteiger partial charge in [-0.2, -0.15) is 0 Å². The number of hydrogen-bond acceptors (Lipinski definition) is 2. The van der Waals surface area contributed by atoms with E-state index in [0.29, 0.717) is 0 Å². The Hall–Kier alpha value is -1.44. The second-order valence-electron chi connectivity index (χ2n) is 2.91. The Morgan fingerprint density at radius 2 is 2.08 bits per heavy atom. The lowest BCUT2D eigenvalue weighted by atomic mass is 10.2. The maximum atomic E-state index is 3.14. The molecule has 0 fully saturated rings. The number of nitrogens with zero attached hydrogens (tertiary/aromatic N) is 1. The molecule has 0 unspecified atom stereocenters. The Morgan fingerprint density at radius 3 is 2.75 bits per heavy atom. The molecule has 1 aliphatic rings. The van der Waals surface area contributed by atoms with E-state index in [0.717, 1.165) is 13.2 Å². The molecule has 0 radical (unpaired) electrons. The normalized spacial score (nSPS) is 14.8. The van der Waals surface area contributed by atoms with E-state index >= 15 is 0 Å². The summed E-state index contributed by atoms with van der Waals surface area (Å²) in [6.45, 7) is 1.92. The summed E-state index contributed by atoms with van der Waals surface area (Å²) in [6, 6.07) is 10.5. The number of benzene rings is 1. The van der Waals surface area contributed by atoms with Crippen LogP contribution in [0.4, 0.5) is 0 Å². The molecule has 1 aliphatic heterocycles. The third-order valence-corrected chi connectivity index (χ3v) is 1.93. The largest absolute Gasteiger partial charge is 0.373 e. The van der Waals surface area contributed by atoms with Gasteiger partial charge in [0.2, 0.25) is 0 Å². The van der Waals surface area contributed by atoms with Gasteiger partial charge in [-0.3, -0.25) is 0 Å². The molecule has 0 amide bonds. The van der Waals surface area contributed by atoms with Crippen LogP contribution in [0.15, 0.2) is 42.7 Å². The van der Waals surface area contributed by atoms with Gasteiger partial charge >= 0.3 is 0 Å². The van der Waals surface area contributed by atoms with E-state index in [1.807, 2.05) is 12.3 Å². The summed E-state index contributed by atoms with van der Waals surface area (Å²) in [7, 11) is 0. The van der Waals surface area contributed by atoms with E-state index in [1.54, 1.807) is 0 Å². The van der Waals surface area contributed by atoms with Gasteiger partial charge < -0.3 is 10.2 Å². The Kier molecular flexibility index (Phi) is 1.99. The Morgan fingerprint density at radius 1 is 1.25 bits per heavy atom. The molecule has 62 valence electrons. The topological polar surface area (TPSA) is 15.3 Å². The first kappa shape index (κ1) is 7.22. The number of rotatable bonds is 2. The van der Waals surface area contributed by atoms with Crippen molar-refractivity contribution < 1.29 is 0 Å². The zero-order chi connectivity index (χ0) is 8.23. The van der Waals surface area contributed by atoms with Gasteiger partial charge in [0.1, 0.15) is 0 Å². The summed E-state index contributed by atoms with van der Waals surface area (Å²) in [4.78, 5) is 2.23. The third-order valence-electron chi connectivity index (χ3n) is 1.93. The van der Waals surface area contributed by atoms with Gasteiger partial charge in [0.25, 0.3) is 0 Å². The molecule has 12 heavy (non-hydrogen) atoms. The first-order chi connectivity index (χ1) is 5.95. The van der Waals surface area contributed by atoms with Gasteiger partial charge in [-0.05, 0) is 5.56 Å². The highest BCUT2D eigenvalue weighted by atomic mass is 15.2. The lowest BCUT2D eigenvalue weighted by Gasteiger charge is -2.14. The smallest absolute Gasteiger partial charge is 0.0870 e. The molecule has 0 saturated carbocycles. The first-order valence-electron chi connectivity index (χ1n) is 4.13. The summed E-state index contributed by atoms with van der Waals surface area (Å²) in [5, 5.41) is 3.14. The minimum Gasteiger partial charge on any atom is -0.373 e. The fourth-order valence-corrected chi connectivity index (χ4v) is 1.31. The van der Waals surface area contributed by atoms with Crippen molar-refractivity contribution in [3.8, 4) is 0 Å². The molecule has 0 atom stereocenters. The summed E-state index contributed by atoms with van der Waals surface area (Å²) in [6.07, 6.45) is 4.05. The van der Waals surface area contributed by atoms with Crippen LogP contribution < -0.4 is 5.32 Å². The maximum absolute atomic E-state index is 3.14. The minimum absolute atomic E-state index is 0.925. The monoisotopic (exact) mass is 160 g/mol. The van der Waals surface area contributed by atoms with Crippen LogP contribution in [0.5, 0.6) is 0 Å². The minimum atomic E-state index is 0.925. The molecule has 1 aromatic rings. The highest BCUT2D eigenvalue weighted by Gasteiger charge is 2.02. The van der Waals surface area contributed by atoms with Gasteiger partial charge in [-0.15, -0.1) is 0 Å². The van der Waals surface area contributed by atoms with Gasteiger partial charge in [-0.25, -0.2) is 0 Å². The van der Waals surface area contributed by atoms with Crippen molar-refractivity contribution in [1.82, 2.24) is 10.2 Å². The van der Waals surface area contributed by atoms with Crippen molar-refractivity contribution in [2.24, 2.45) is 0 Å². The predicted molar refractivity (Wildman–Crippen MR) is 49.1 cm³/mol. The van der Waals surface area contributed by atoms with E-state index in [9.17, 15) is 0 Å². The lowest BCUT2D eigenvalue weighted by molar-refractivity contribution is 0.385. The second kappa shape index (κ2) is 3.30. The van der Waals surface area contributed by atoms with E-state index < -0.39 is 0 Å². The van der Waals surface area contributed by atoms with Crippen LogP contribution in [-0.2, 0) is 6.54 Å². The zero-order valence-corrected chi connectivity index (χ0v) is 6.90. The summed E-state index contributed by atoms with van der Waals surface area (Å²) >= 11 is 0. The maximum Gasteiger partial charge on any atom is 0.0870 e. The molecule has 1 N–H and O–H groups in total.